The number of halogens is 1. The second-order valence-electron chi connectivity index (χ2n) is 5.86. The van der Waals surface area contributed by atoms with Crippen LogP contribution in [0.15, 0.2) is 6.20 Å². The molecule has 2 aliphatic rings. The molecule has 0 bridgehead atoms. The largest absolute Gasteiger partial charge is 0.378 e. The number of hydrogen-bond acceptors (Lipinski definition) is 6. The van der Waals surface area contributed by atoms with Crippen LogP contribution in [0.4, 0.5) is 16.2 Å². The fourth-order valence-electron chi connectivity index (χ4n) is 3.02. The molecule has 7 heteroatoms. The first-order valence-corrected chi connectivity index (χ1v) is 7.43. The van der Waals surface area contributed by atoms with Crippen molar-refractivity contribution in [3.05, 3.63) is 12.0 Å². The fraction of sp³-hybridized carbons (Fsp3) is 0.714. The van der Waals surface area contributed by atoms with E-state index in [-0.39, 0.29) is 6.04 Å². The van der Waals surface area contributed by atoms with Crippen LogP contribution in [0.2, 0.25) is 0 Å². The third kappa shape index (κ3) is 3.08. The van der Waals surface area contributed by atoms with E-state index >= 15 is 0 Å². The molecule has 116 valence electrons. The van der Waals surface area contributed by atoms with Gasteiger partial charge in [-0.25, -0.2) is 9.37 Å². The molecule has 0 amide bonds. The highest BCUT2D eigenvalue weighted by molar-refractivity contribution is 5.43. The Balaban J connectivity index is 1.71. The minimum absolute atomic E-state index is 0.156. The van der Waals surface area contributed by atoms with E-state index in [1.165, 1.54) is 19.0 Å². The summed E-state index contributed by atoms with van der Waals surface area (Å²) in [6.07, 6.45) is 3.72. The van der Waals surface area contributed by atoms with Crippen molar-refractivity contribution >= 4 is 11.8 Å². The fourth-order valence-corrected chi connectivity index (χ4v) is 3.02. The van der Waals surface area contributed by atoms with Gasteiger partial charge in [0.05, 0.1) is 31.5 Å². The van der Waals surface area contributed by atoms with Gasteiger partial charge in [0.25, 0.3) is 0 Å². The van der Waals surface area contributed by atoms with Gasteiger partial charge in [0.15, 0.2) is 11.6 Å². The van der Waals surface area contributed by atoms with Crippen molar-refractivity contribution in [1.82, 2.24) is 14.9 Å². The van der Waals surface area contributed by atoms with E-state index in [1.54, 1.807) is 19.0 Å². The molecule has 0 saturated carbocycles. The zero-order valence-electron chi connectivity index (χ0n) is 12.5. The van der Waals surface area contributed by atoms with E-state index < -0.39 is 5.82 Å². The number of likely N-dealkylation sites (tertiary alicyclic amines) is 1. The number of ether oxygens (including phenoxy) is 1. The maximum absolute atomic E-state index is 13.6. The predicted molar refractivity (Wildman–Crippen MR) is 79.1 cm³/mol. The van der Waals surface area contributed by atoms with Crippen LogP contribution < -0.4 is 10.2 Å². The molecular weight excluding hydrogens is 273 g/mol. The summed E-state index contributed by atoms with van der Waals surface area (Å²) >= 11 is 0. The van der Waals surface area contributed by atoms with E-state index in [9.17, 15) is 4.39 Å². The van der Waals surface area contributed by atoms with Crippen LogP contribution in [0.3, 0.4) is 0 Å². The Morgan fingerprint density at radius 2 is 2.10 bits per heavy atom. The average molecular weight is 295 g/mol. The molecule has 0 unspecified atom stereocenters. The van der Waals surface area contributed by atoms with Crippen LogP contribution >= 0.6 is 0 Å². The summed E-state index contributed by atoms with van der Waals surface area (Å²) in [6, 6.07) is 0.507. The van der Waals surface area contributed by atoms with Crippen LogP contribution in [-0.4, -0.2) is 67.4 Å². The molecule has 2 atom stereocenters. The van der Waals surface area contributed by atoms with Gasteiger partial charge in [-0.2, -0.15) is 4.98 Å². The number of nitrogens with zero attached hydrogens (tertiary/aromatic N) is 4. The minimum atomic E-state index is -0.413. The number of anilines is 2. The second kappa shape index (κ2) is 6.11. The molecule has 21 heavy (non-hydrogen) atoms. The molecule has 2 saturated heterocycles. The number of hydrogen-bond donors (Lipinski definition) is 1. The van der Waals surface area contributed by atoms with Gasteiger partial charge in [0.2, 0.25) is 5.95 Å². The SMILES string of the molecule is CN(C)c1nc(N[C@@H]2COC[C@H]2N2CCCC2)ncc1F. The lowest BCUT2D eigenvalue weighted by Gasteiger charge is -2.28. The summed E-state index contributed by atoms with van der Waals surface area (Å²) in [5, 5.41) is 3.31. The molecule has 2 fully saturated rings. The minimum Gasteiger partial charge on any atom is -0.378 e. The van der Waals surface area contributed by atoms with Gasteiger partial charge in [-0.3, -0.25) is 4.90 Å². The van der Waals surface area contributed by atoms with Crippen LogP contribution in [0.5, 0.6) is 0 Å². The Bertz CT molecular complexity index is 492. The molecular formula is C14H22FN5O. The molecule has 0 aliphatic carbocycles. The Kier molecular flexibility index (Phi) is 4.21. The highest BCUT2D eigenvalue weighted by atomic mass is 19.1. The average Bonchev–Trinajstić information content (AvgIpc) is 3.11. The Hall–Kier alpha value is -1.47. The van der Waals surface area contributed by atoms with Crippen molar-refractivity contribution in [2.45, 2.75) is 24.9 Å². The first-order chi connectivity index (χ1) is 10.1. The molecule has 0 aromatic carbocycles. The molecule has 3 rings (SSSR count). The lowest BCUT2D eigenvalue weighted by Crippen LogP contribution is -2.45. The van der Waals surface area contributed by atoms with Crippen molar-refractivity contribution < 1.29 is 9.13 Å². The van der Waals surface area contributed by atoms with Gasteiger partial charge in [-0.05, 0) is 25.9 Å². The second-order valence-corrected chi connectivity index (χ2v) is 5.86. The van der Waals surface area contributed by atoms with Gasteiger partial charge in [-0.1, -0.05) is 0 Å². The highest BCUT2D eigenvalue weighted by Gasteiger charge is 2.34. The topological polar surface area (TPSA) is 53.5 Å². The first-order valence-electron chi connectivity index (χ1n) is 7.43. The standard InChI is InChI=1S/C14H22FN5O/c1-19(2)13-10(15)7-16-14(18-13)17-11-8-21-9-12(11)20-5-3-4-6-20/h7,11-12H,3-6,8-9H2,1-2H3,(H,16,17,18)/t11-,12-/m1/s1. The predicted octanol–water partition coefficient (Wildman–Crippen LogP) is 0.957. The summed E-state index contributed by atoms with van der Waals surface area (Å²) in [5.41, 5.74) is 0. The zero-order chi connectivity index (χ0) is 14.8. The normalized spacial score (nSPS) is 26.2. The van der Waals surface area contributed by atoms with Gasteiger partial charge in [0, 0.05) is 14.1 Å². The third-order valence-electron chi connectivity index (χ3n) is 4.12. The summed E-state index contributed by atoms with van der Waals surface area (Å²) in [5.74, 6) is 0.341. The lowest BCUT2D eigenvalue weighted by molar-refractivity contribution is 0.159. The van der Waals surface area contributed by atoms with Crippen molar-refractivity contribution in [1.29, 1.82) is 0 Å². The van der Waals surface area contributed by atoms with Crippen molar-refractivity contribution in [2.75, 3.05) is 50.6 Å². The van der Waals surface area contributed by atoms with Crippen molar-refractivity contribution in [2.24, 2.45) is 0 Å². The van der Waals surface area contributed by atoms with E-state index in [0.29, 0.717) is 24.4 Å². The zero-order valence-corrected chi connectivity index (χ0v) is 12.5. The number of nitrogens with one attached hydrogen (secondary N) is 1. The third-order valence-corrected chi connectivity index (χ3v) is 4.12. The molecule has 1 aromatic rings. The maximum Gasteiger partial charge on any atom is 0.225 e. The van der Waals surface area contributed by atoms with Gasteiger partial charge < -0.3 is 15.0 Å². The summed E-state index contributed by atoms with van der Waals surface area (Å²) in [4.78, 5) is 12.4. The van der Waals surface area contributed by atoms with Crippen molar-refractivity contribution in [3.8, 4) is 0 Å². The highest BCUT2D eigenvalue weighted by Crippen LogP contribution is 2.22. The van der Waals surface area contributed by atoms with E-state index in [2.05, 4.69) is 20.2 Å². The van der Waals surface area contributed by atoms with Gasteiger partial charge >= 0.3 is 0 Å². The Morgan fingerprint density at radius 1 is 1.33 bits per heavy atom. The molecule has 3 heterocycles. The van der Waals surface area contributed by atoms with Gasteiger partial charge in [-0.15, -0.1) is 0 Å². The maximum atomic E-state index is 13.6. The summed E-state index contributed by atoms with van der Waals surface area (Å²) in [7, 11) is 3.53. The van der Waals surface area contributed by atoms with Crippen LogP contribution in [0.25, 0.3) is 0 Å². The molecule has 0 spiro atoms. The Labute approximate surface area is 124 Å². The van der Waals surface area contributed by atoms with E-state index in [1.807, 2.05) is 0 Å². The molecule has 2 aliphatic heterocycles. The summed E-state index contributed by atoms with van der Waals surface area (Å²) < 4.78 is 19.2. The molecule has 0 radical (unpaired) electrons. The summed E-state index contributed by atoms with van der Waals surface area (Å²) in [6.45, 7) is 3.62. The molecule has 6 nitrogen and oxygen atoms in total. The van der Waals surface area contributed by atoms with Gasteiger partial charge in [0.1, 0.15) is 0 Å². The molecule has 1 N–H and O–H groups in total. The van der Waals surface area contributed by atoms with Crippen LogP contribution in [0.1, 0.15) is 12.8 Å². The van der Waals surface area contributed by atoms with Crippen LogP contribution in [-0.2, 0) is 4.74 Å². The molecule has 1 aromatic heterocycles. The quantitative estimate of drug-likeness (QED) is 0.893. The smallest absolute Gasteiger partial charge is 0.225 e. The van der Waals surface area contributed by atoms with Crippen molar-refractivity contribution in [3.63, 3.8) is 0 Å². The van der Waals surface area contributed by atoms with E-state index in [4.69, 9.17) is 4.74 Å². The number of aromatic nitrogens is 2. The first kappa shape index (κ1) is 14.5. The lowest BCUT2D eigenvalue weighted by atomic mass is 10.1. The van der Waals surface area contributed by atoms with E-state index in [0.717, 1.165) is 19.7 Å². The van der Waals surface area contributed by atoms with Crippen LogP contribution in [0, 0.1) is 5.82 Å². The Morgan fingerprint density at radius 3 is 2.81 bits per heavy atom. The number of rotatable bonds is 4. The monoisotopic (exact) mass is 295 g/mol.